The van der Waals surface area contributed by atoms with E-state index in [1.54, 1.807) is 0 Å². The Bertz CT molecular complexity index is 568. The van der Waals surface area contributed by atoms with Crippen molar-refractivity contribution in [2.75, 3.05) is 13.1 Å². The van der Waals surface area contributed by atoms with Crippen LogP contribution in [-0.2, 0) is 25.9 Å². The van der Waals surface area contributed by atoms with Crippen LogP contribution in [0.4, 0.5) is 0 Å². The molecule has 0 amide bonds. The van der Waals surface area contributed by atoms with E-state index in [-0.39, 0.29) is 0 Å². The Balaban J connectivity index is 1.69. The lowest BCUT2D eigenvalue weighted by molar-refractivity contribution is 0.239. The van der Waals surface area contributed by atoms with Crippen LogP contribution in [-0.4, -0.2) is 28.0 Å². The Hall–Kier alpha value is -1.78. The van der Waals surface area contributed by atoms with Crippen LogP contribution in [0.15, 0.2) is 36.5 Å². The number of benzene rings is 1. The highest BCUT2D eigenvalue weighted by Crippen LogP contribution is 2.17. The average molecular weight is 268 g/mol. The van der Waals surface area contributed by atoms with Crippen molar-refractivity contribution in [3.05, 3.63) is 59.2 Å². The van der Waals surface area contributed by atoms with Crippen molar-refractivity contribution >= 4 is 0 Å². The largest absolute Gasteiger partial charge is 0.330 e. The molecule has 0 saturated carbocycles. The molecule has 0 spiro atoms. The average Bonchev–Trinajstić information content (AvgIpc) is 2.49. The minimum atomic E-state index is 0.633. The van der Waals surface area contributed by atoms with E-state index in [4.69, 9.17) is 5.73 Å². The molecule has 0 saturated heterocycles. The maximum absolute atomic E-state index is 5.57. The molecule has 0 fully saturated rings. The van der Waals surface area contributed by atoms with Gasteiger partial charge in [0.1, 0.15) is 0 Å². The maximum atomic E-state index is 5.57. The molecule has 1 aromatic heterocycles. The molecule has 0 atom stereocenters. The topological polar surface area (TPSA) is 55.0 Å². The minimum absolute atomic E-state index is 0.633. The summed E-state index contributed by atoms with van der Waals surface area (Å²) >= 11 is 0. The molecule has 4 heteroatoms. The van der Waals surface area contributed by atoms with Gasteiger partial charge in [0, 0.05) is 38.7 Å². The second kappa shape index (κ2) is 6.11. The van der Waals surface area contributed by atoms with Crippen LogP contribution in [0.5, 0.6) is 0 Å². The molecule has 0 bridgehead atoms. The molecule has 2 heterocycles. The van der Waals surface area contributed by atoms with Crippen molar-refractivity contribution in [3.63, 3.8) is 0 Å². The zero-order chi connectivity index (χ0) is 13.8. The smallest absolute Gasteiger partial charge is 0.0759 e. The number of fused-ring (bicyclic) bond motifs is 1. The van der Waals surface area contributed by atoms with E-state index in [0.29, 0.717) is 6.54 Å². The number of nitrogens with two attached hydrogens (primary N) is 1. The lowest BCUT2D eigenvalue weighted by atomic mass is 10.1. The molecular formula is C16H20N4. The van der Waals surface area contributed by atoms with Crippen molar-refractivity contribution in [3.8, 4) is 0 Å². The SMILES string of the molecule is NCCc1cnc2c(n1)CCN(Cc1ccccc1)C2. The summed E-state index contributed by atoms with van der Waals surface area (Å²) in [5.74, 6) is 0. The van der Waals surface area contributed by atoms with Crippen molar-refractivity contribution in [2.24, 2.45) is 5.73 Å². The first-order chi connectivity index (χ1) is 9.85. The molecular weight excluding hydrogens is 248 g/mol. The number of rotatable bonds is 4. The first-order valence-electron chi connectivity index (χ1n) is 7.15. The summed E-state index contributed by atoms with van der Waals surface area (Å²) in [5.41, 5.74) is 10.2. The molecule has 0 radical (unpaired) electrons. The number of nitrogens with zero attached hydrogens (tertiary/aromatic N) is 3. The van der Waals surface area contributed by atoms with Gasteiger partial charge in [0.2, 0.25) is 0 Å². The molecule has 20 heavy (non-hydrogen) atoms. The maximum Gasteiger partial charge on any atom is 0.0759 e. The van der Waals surface area contributed by atoms with Gasteiger partial charge in [-0.1, -0.05) is 30.3 Å². The van der Waals surface area contributed by atoms with Gasteiger partial charge in [0.15, 0.2) is 0 Å². The van der Waals surface area contributed by atoms with E-state index in [2.05, 4.69) is 45.2 Å². The Morgan fingerprint density at radius 3 is 2.80 bits per heavy atom. The van der Waals surface area contributed by atoms with Crippen LogP contribution in [0.25, 0.3) is 0 Å². The van der Waals surface area contributed by atoms with Crippen molar-refractivity contribution in [1.82, 2.24) is 14.9 Å². The standard InChI is InChI=1S/C16H20N4/c17-8-6-14-10-18-16-12-20(9-7-15(16)19-14)11-13-4-2-1-3-5-13/h1-5,10H,6-9,11-12,17H2. The van der Waals surface area contributed by atoms with Crippen LogP contribution >= 0.6 is 0 Å². The summed E-state index contributed by atoms with van der Waals surface area (Å²) in [6, 6.07) is 10.6. The molecule has 2 N–H and O–H groups in total. The second-order valence-electron chi connectivity index (χ2n) is 5.24. The van der Waals surface area contributed by atoms with E-state index in [1.165, 1.54) is 5.56 Å². The number of aromatic nitrogens is 2. The fraction of sp³-hybridized carbons (Fsp3) is 0.375. The molecule has 0 unspecified atom stereocenters. The van der Waals surface area contributed by atoms with Crippen LogP contribution in [0.3, 0.4) is 0 Å². The predicted octanol–water partition coefficient (Wildman–Crippen LogP) is 1.54. The number of hydrogen-bond donors (Lipinski definition) is 1. The van der Waals surface area contributed by atoms with Gasteiger partial charge in [-0.05, 0) is 12.1 Å². The monoisotopic (exact) mass is 268 g/mol. The fourth-order valence-corrected chi connectivity index (χ4v) is 2.63. The molecule has 104 valence electrons. The highest BCUT2D eigenvalue weighted by atomic mass is 15.1. The van der Waals surface area contributed by atoms with Gasteiger partial charge in [0.05, 0.1) is 17.1 Å². The fourth-order valence-electron chi connectivity index (χ4n) is 2.63. The summed E-state index contributed by atoms with van der Waals surface area (Å²) in [7, 11) is 0. The summed E-state index contributed by atoms with van der Waals surface area (Å²) in [5, 5.41) is 0. The van der Waals surface area contributed by atoms with Crippen LogP contribution in [0.2, 0.25) is 0 Å². The highest BCUT2D eigenvalue weighted by molar-refractivity contribution is 5.19. The van der Waals surface area contributed by atoms with Crippen molar-refractivity contribution in [1.29, 1.82) is 0 Å². The third-order valence-electron chi connectivity index (χ3n) is 3.67. The van der Waals surface area contributed by atoms with E-state index in [9.17, 15) is 0 Å². The molecule has 1 aliphatic heterocycles. The molecule has 1 aliphatic rings. The summed E-state index contributed by atoms with van der Waals surface area (Å²) in [6.45, 7) is 3.54. The Morgan fingerprint density at radius 1 is 1.15 bits per heavy atom. The molecule has 4 nitrogen and oxygen atoms in total. The van der Waals surface area contributed by atoms with Gasteiger partial charge in [-0.3, -0.25) is 14.9 Å². The van der Waals surface area contributed by atoms with Gasteiger partial charge in [-0.25, -0.2) is 0 Å². The minimum Gasteiger partial charge on any atom is -0.330 e. The Labute approximate surface area is 119 Å². The van der Waals surface area contributed by atoms with Gasteiger partial charge in [0.25, 0.3) is 0 Å². The van der Waals surface area contributed by atoms with Gasteiger partial charge in [-0.2, -0.15) is 0 Å². The van der Waals surface area contributed by atoms with E-state index >= 15 is 0 Å². The number of hydrogen-bond acceptors (Lipinski definition) is 4. The van der Waals surface area contributed by atoms with Gasteiger partial charge in [-0.15, -0.1) is 0 Å². The van der Waals surface area contributed by atoms with Gasteiger partial charge < -0.3 is 5.73 Å². The zero-order valence-electron chi connectivity index (χ0n) is 11.6. The Morgan fingerprint density at radius 2 is 2.00 bits per heavy atom. The lowest BCUT2D eigenvalue weighted by Crippen LogP contribution is -2.31. The van der Waals surface area contributed by atoms with E-state index in [0.717, 1.165) is 49.6 Å². The van der Waals surface area contributed by atoms with E-state index < -0.39 is 0 Å². The zero-order valence-corrected chi connectivity index (χ0v) is 11.6. The summed E-state index contributed by atoms with van der Waals surface area (Å²) in [4.78, 5) is 11.7. The first kappa shape index (κ1) is 13.2. The molecule has 3 rings (SSSR count). The summed E-state index contributed by atoms with van der Waals surface area (Å²) < 4.78 is 0. The first-order valence-corrected chi connectivity index (χ1v) is 7.15. The summed E-state index contributed by atoms with van der Waals surface area (Å²) in [6.07, 6.45) is 3.67. The third kappa shape index (κ3) is 3.03. The van der Waals surface area contributed by atoms with Gasteiger partial charge >= 0.3 is 0 Å². The third-order valence-corrected chi connectivity index (χ3v) is 3.67. The Kier molecular flexibility index (Phi) is 4.04. The predicted molar refractivity (Wildman–Crippen MR) is 79.1 cm³/mol. The normalized spacial score (nSPS) is 15.1. The second-order valence-corrected chi connectivity index (χ2v) is 5.24. The highest BCUT2D eigenvalue weighted by Gasteiger charge is 2.18. The molecule has 0 aliphatic carbocycles. The van der Waals surface area contributed by atoms with Crippen LogP contribution in [0, 0.1) is 0 Å². The lowest BCUT2D eigenvalue weighted by Gasteiger charge is -2.27. The van der Waals surface area contributed by atoms with Crippen molar-refractivity contribution in [2.45, 2.75) is 25.9 Å². The van der Waals surface area contributed by atoms with Crippen LogP contribution in [0.1, 0.15) is 22.6 Å². The quantitative estimate of drug-likeness (QED) is 0.914. The molecule has 2 aromatic rings. The molecule has 1 aromatic carbocycles. The van der Waals surface area contributed by atoms with Crippen molar-refractivity contribution < 1.29 is 0 Å². The van der Waals surface area contributed by atoms with Crippen LogP contribution < -0.4 is 5.73 Å². The van der Waals surface area contributed by atoms with E-state index in [1.807, 2.05) is 6.20 Å².